The average molecular weight is 364 g/mol. The molecule has 2 aromatic rings. The quantitative estimate of drug-likeness (QED) is 0.844. The molecule has 2 heterocycles. The van der Waals surface area contributed by atoms with E-state index in [1.807, 2.05) is 0 Å². The summed E-state index contributed by atoms with van der Waals surface area (Å²) in [5.41, 5.74) is 0.600. The fourth-order valence-corrected chi connectivity index (χ4v) is 4.49. The highest BCUT2D eigenvalue weighted by Crippen LogP contribution is 2.20. The smallest absolute Gasteiger partial charge is 0.318 e. The largest absolute Gasteiger partial charge is 0.508 e. The van der Waals surface area contributed by atoms with E-state index >= 15 is 0 Å². The van der Waals surface area contributed by atoms with Crippen LogP contribution in [-0.4, -0.2) is 42.0 Å². The number of benzene rings is 1. The number of rotatable bonds is 5. The summed E-state index contributed by atoms with van der Waals surface area (Å²) in [7, 11) is -3.07. The summed E-state index contributed by atoms with van der Waals surface area (Å²) in [4.78, 5) is 14.1. The van der Waals surface area contributed by atoms with Crippen LogP contribution in [0.4, 0.5) is 4.79 Å². The maximum Gasteiger partial charge on any atom is 0.318 e. The van der Waals surface area contributed by atoms with Crippen molar-refractivity contribution in [2.45, 2.75) is 25.6 Å². The highest BCUT2D eigenvalue weighted by molar-refractivity contribution is 7.91. The molecule has 0 saturated carbocycles. The molecule has 1 aromatic carbocycles. The van der Waals surface area contributed by atoms with Gasteiger partial charge in [-0.3, -0.25) is 0 Å². The van der Waals surface area contributed by atoms with Crippen molar-refractivity contribution in [2.24, 2.45) is 0 Å². The number of amides is 2. The van der Waals surface area contributed by atoms with Crippen molar-refractivity contribution in [1.29, 1.82) is 0 Å². The number of nitrogens with zero attached hydrogens (tertiary/aromatic N) is 1. The molecular weight excluding hydrogens is 344 g/mol. The van der Waals surface area contributed by atoms with Crippen molar-refractivity contribution >= 4 is 15.9 Å². The van der Waals surface area contributed by atoms with Crippen LogP contribution in [0.3, 0.4) is 0 Å². The van der Waals surface area contributed by atoms with Crippen LogP contribution in [0.25, 0.3) is 0 Å². The molecule has 2 amide bonds. The minimum absolute atomic E-state index is 0.0378. The number of urea groups is 1. The topological polar surface area (TPSA) is 99.9 Å². The Morgan fingerprint density at radius 1 is 1.24 bits per heavy atom. The molecule has 0 aliphatic carbocycles. The number of furan rings is 1. The Bertz CT molecular complexity index is 832. The molecule has 134 valence electrons. The normalized spacial score (nSPS) is 18.8. The lowest BCUT2D eigenvalue weighted by molar-refractivity contribution is 0.183. The first-order chi connectivity index (χ1) is 11.9. The summed E-state index contributed by atoms with van der Waals surface area (Å²) in [6.45, 7) is 0.394. The minimum Gasteiger partial charge on any atom is -0.508 e. The van der Waals surface area contributed by atoms with E-state index in [1.54, 1.807) is 36.4 Å². The summed E-state index contributed by atoms with van der Waals surface area (Å²) >= 11 is 0. The van der Waals surface area contributed by atoms with Crippen LogP contribution in [0, 0.1) is 0 Å². The zero-order valence-corrected chi connectivity index (χ0v) is 14.4. The second kappa shape index (κ2) is 7.18. The number of hydrogen-bond donors (Lipinski definition) is 2. The van der Waals surface area contributed by atoms with Gasteiger partial charge in [0.1, 0.15) is 11.5 Å². The zero-order chi connectivity index (χ0) is 17.9. The van der Waals surface area contributed by atoms with Gasteiger partial charge in [-0.25, -0.2) is 13.2 Å². The van der Waals surface area contributed by atoms with Crippen LogP contribution in [0.15, 0.2) is 47.1 Å². The fourth-order valence-electron chi connectivity index (χ4n) is 2.82. The van der Waals surface area contributed by atoms with Gasteiger partial charge in [0.15, 0.2) is 9.84 Å². The van der Waals surface area contributed by atoms with Crippen molar-refractivity contribution < 1.29 is 22.7 Å². The average Bonchev–Trinajstić information content (AvgIpc) is 3.18. The van der Waals surface area contributed by atoms with Crippen molar-refractivity contribution in [3.8, 4) is 5.75 Å². The molecular formula is C17H20N2O5S. The fraction of sp³-hybridized carbons (Fsp3) is 0.353. The van der Waals surface area contributed by atoms with Crippen molar-refractivity contribution in [3.63, 3.8) is 0 Å². The summed E-state index contributed by atoms with van der Waals surface area (Å²) in [5.74, 6) is 0.757. The Hall–Kier alpha value is -2.48. The van der Waals surface area contributed by atoms with Crippen LogP contribution in [-0.2, 0) is 22.9 Å². The highest BCUT2D eigenvalue weighted by Gasteiger charge is 2.30. The van der Waals surface area contributed by atoms with Gasteiger partial charge in [-0.2, -0.15) is 0 Å². The molecule has 0 radical (unpaired) electrons. The van der Waals surface area contributed by atoms with Crippen molar-refractivity contribution in [2.75, 3.05) is 11.5 Å². The van der Waals surface area contributed by atoms with E-state index < -0.39 is 9.84 Å². The Balaban J connectivity index is 1.73. The summed E-state index contributed by atoms with van der Waals surface area (Å²) in [6, 6.07) is 9.49. The monoisotopic (exact) mass is 364 g/mol. The van der Waals surface area contributed by atoms with Gasteiger partial charge in [0.2, 0.25) is 0 Å². The van der Waals surface area contributed by atoms with Gasteiger partial charge in [-0.1, -0.05) is 18.2 Å². The first-order valence-electron chi connectivity index (χ1n) is 7.98. The van der Waals surface area contributed by atoms with E-state index in [4.69, 9.17) is 4.42 Å². The molecule has 0 bridgehead atoms. The lowest BCUT2D eigenvalue weighted by Gasteiger charge is -2.24. The van der Waals surface area contributed by atoms with Crippen LogP contribution < -0.4 is 5.32 Å². The molecule has 8 heteroatoms. The molecule has 1 aromatic heterocycles. The summed E-state index contributed by atoms with van der Waals surface area (Å²) < 4.78 is 28.4. The molecule has 0 unspecified atom stereocenters. The minimum atomic E-state index is -3.07. The summed E-state index contributed by atoms with van der Waals surface area (Å²) in [5, 5.41) is 12.7. The number of carbonyl (C=O) groups is 1. The third-order valence-electron chi connectivity index (χ3n) is 4.13. The van der Waals surface area contributed by atoms with E-state index in [0.717, 1.165) is 0 Å². The predicted molar refractivity (Wildman–Crippen MR) is 91.7 cm³/mol. The van der Waals surface area contributed by atoms with Gasteiger partial charge in [0.25, 0.3) is 0 Å². The SMILES string of the molecule is O=C(N[C@@H]1CCS(=O)(=O)C1)N(Cc1ccco1)Cc1ccccc1O. The molecule has 2 N–H and O–H groups in total. The number of phenols is 1. The third-order valence-corrected chi connectivity index (χ3v) is 5.89. The van der Waals surface area contributed by atoms with Crippen molar-refractivity contribution in [3.05, 3.63) is 54.0 Å². The number of phenolic OH excluding ortho intramolecular Hbond substituents is 1. The molecule has 1 aliphatic rings. The second-order valence-electron chi connectivity index (χ2n) is 6.11. The number of sulfone groups is 1. The standard InChI is InChI=1S/C17H20N2O5S/c20-16-6-2-1-4-13(16)10-19(11-15-5-3-8-24-15)17(21)18-14-7-9-25(22,23)12-14/h1-6,8,14,20H,7,9-12H2,(H,18,21)/t14-/m1/s1. The van der Waals surface area contributed by atoms with Crippen LogP contribution in [0.1, 0.15) is 17.7 Å². The first kappa shape index (κ1) is 17.3. The second-order valence-corrected chi connectivity index (χ2v) is 8.34. The number of aromatic hydroxyl groups is 1. The Morgan fingerprint density at radius 2 is 2.04 bits per heavy atom. The first-order valence-corrected chi connectivity index (χ1v) is 9.80. The van der Waals surface area contributed by atoms with Gasteiger partial charge >= 0.3 is 6.03 Å². The van der Waals surface area contributed by atoms with Crippen LogP contribution >= 0.6 is 0 Å². The molecule has 1 atom stereocenters. The van der Waals surface area contributed by atoms with E-state index in [1.165, 1.54) is 11.2 Å². The number of carbonyl (C=O) groups excluding carboxylic acids is 1. The van der Waals surface area contributed by atoms with Gasteiger partial charge in [0, 0.05) is 11.6 Å². The number of para-hydroxylation sites is 1. The molecule has 25 heavy (non-hydrogen) atoms. The third kappa shape index (κ3) is 4.54. The van der Waals surface area contributed by atoms with Gasteiger partial charge < -0.3 is 19.7 Å². The van der Waals surface area contributed by atoms with Crippen molar-refractivity contribution in [1.82, 2.24) is 10.2 Å². The Morgan fingerprint density at radius 3 is 2.68 bits per heavy atom. The Kier molecular flexibility index (Phi) is 4.98. The maximum absolute atomic E-state index is 12.6. The summed E-state index contributed by atoms with van der Waals surface area (Å²) in [6.07, 6.45) is 1.94. The number of hydrogen-bond acceptors (Lipinski definition) is 5. The highest BCUT2D eigenvalue weighted by atomic mass is 32.2. The lowest BCUT2D eigenvalue weighted by atomic mass is 10.2. The van der Waals surface area contributed by atoms with Gasteiger partial charge in [-0.15, -0.1) is 0 Å². The zero-order valence-electron chi connectivity index (χ0n) is 13.6. The van der Waals surface area contributed by atoms with Crippen LogP contribution in [0.5, 0.6) is 5.75 Å². The maximum atomic E-state index is 12.6. The van der Waals surface area contributed by atoms with Crippen LogP contribution in [0.2, 0.25) is 0 Å². The molecule has 7 nitrogen and oxygen atoms in total. The van der Waals surface area contributed by atoms with E-state index in [9.17, 15) is 18.3 Å². The molecule has 1 saturated heterocycles. The molecule has 1 aliphatic heterocycles. The lowest BCUT2D eigenvalue weighted by Crippen LogP contribution is -2.44. The predicted octanol–water partition coefficient (Wildman–Crippen LogP) is 1.88. The Labute approximate surface area is 146 Å². The van der Waals surface area contributed by atoms with Gasteiger partial charge in [0.05, 0.1) is 30.9 Å². The molecule has 0 spiro atoms. The van der Waals surface area contributed by atoms with Gasteiger partial charge in [-0.05, 0) is 24.6 Å². The molecule has 1 fully saturated rings. The van der Waals surface area contributed by atoms with E-state index in [-0.39, 0.29) is 42.4 Å². The van der Waals surface area contributed by atoms with E-state index in [2.05, 4.69) is 5.32 Å². The number of nitrogens with one attached hydrogen (secondary N) is 1. The van der Waals surface area contributed by atoms with E-state index in [0.29, 0.717) is 17.7 Å². The molecule has 3 rings (SSSR count).